The molecule has 0 aliphatic heterocycles. The molecule has 0 aliphatic carbocycles. The molecule has 0 spiro atoms. The molecule has 2 nitrogen and oxygen atoms in total. The fourth-order valence-corrected chi connectivity index (χ4v) is 1.82. The van der Waals surface area contributed by atoms with E-state index in [-0.39, 0.29) is 0 Å². The highest BCUT2D eigenvalue weighted by atomic mass is 35.5. The number of nitrogens with zero attached hydrogens (tertiary/aromatic N) is 2. The van der Waals surface area contributed by atoms with Crippen LogP contribution in [-0.4, -0.2) is 13.6 Å². The van der Waals surface area contributed by atoms with Gasteiger partial charge in [0, 0.05) is 18.6 Å². The van der Waals surface area contributed by atoms with Gasteiger partial charge in [-0.25, -0.2) is 0 Å². The van der Waals surface area contributed by atoms with E-state index in [1.54, 1.807) is 6.07 Å². The summed E-state index contributed by atoms with van der Waals surface area (Å²) in [6.07, 6.45) is 3.58. The normalized spacial score (nSPS) is 9.88. The van der Waals surface area contributed by atoms with Crippen LogP contribution in [0.1, 0.15) is 31.7 Å². The third kappa shape index (κ3) is 3.43. The Kier molecular flexibility index (Phi) is 5.14. The van der Waals surface area contributed by atoms with Crippen molar-refractivity contribution in [3.05, 3.63) is 28.8 Å². The molecule has 0 saturated heterocycles. The summed E-state index contributed by atoms with van der Waals surface area (Å²) in [6, 6.07) is 7.63. The van der Waals surface area contributed by atoms with Crippen LogP contribution in [0.3, 0.4) is 0 Å². The number of anilines is 1. The van der Waals surface area contributed by atoms with Crippen LogP contribution in [0.15, 0.2) is 18.2 Å². The minimum absolute atomic E-state index is 0.613. The Hall–Kier alpha value is -1.20. The number of hydrogen-bond acceptors (Lipinski definition) is 2. The molecule has 3 heteroatoms. The first-order valence-corrected chi connectivity index (χ1v) is 5.97. The van der Waals surface area contributed by atoms with E-state index < -0.39 is 0 Å². The number of unbranched alkanes of at least 4 members (excludes halogenated alkanes) is 2. The van der Waals surface area contributed by atoms with Crippen LogP contribution < -0.4 is 4.90 Å². The van der Waals surface area contributed by atoms with Gasteiger partial charge in [0.2, 0.25) is 0 Å². The minimum atomic E-state index is 0.613. The van der Waals surface area contributed by atoms with Crippen molar-refractivity contribution in [1.29, 1.82) is 5.26 Å². The standard InChI is InChI=1S/C13H17ClN2/c1-3-4-5-8-16(2)13-7-6-12(14)9-11(13)10-15/h6-7,9H,3-5,8H2,1-2H3. The summed E-state index contributed by atoms with van der Waals surface area (Å²) in [4.78, 5) is 2.12. The van der Waals surface area contributed by atoms with Crippen molar-refractivity contribution < 1.29 is 0 Å². The second kappa shape index (κ2) is 6.40. The molecule has 1 aromatic rings. The Morgan fingerprint density at radius 1 is 1.38 bits per heavy atom. The minimum Gasteiger partial charge on any atom is -0.374 e. The smallest absolute Gasteiger partial charge is 0.101 e. The molecule has 1 rings (SSSR count). The van der Waals surface area contributed by atoms with Gasteiger partial charge in [-0.05, 0) is 24.6 Å². The third-order valence-corrected chi connectivity index (χ3v) is 2.82. The Balaban J connectivity index is 2.75. The van der Waals surface area contributed by atoms with Crippen LogP contribution in [-0.2, 0) is 0 Å². The van der Waals surface area contributed by atoms with E-state index >= 15 is 0 Å². The lowest BCUT2D eigenvalue weighted by Gasteiger charge is -2.20. The van der Waals surface area contributed by atoms with Gasteiger partial charge in [-0.1, -0.05) is 31.4 Å². The molecule has 1 aromatic carbocycles. The summed E-state index contributed by atoms with van der Waals surface area (Å²) in [6.45, 7) is 3.16. The van der Waals surface area contributed by atoms with Crippen molar-refractivity contribution >= 4 is 17.3 Å². The highest BCUT2D eigenvalue weighted by molar-refractivity contribution is 6.30. The predicted molar refractivity (Wildman–Crippen MR) is 69.0 cm³/mol. The summed E-state index contributed by atoms with van der Waals surface area (Å²) in [5, 5.41) is 9.64. The van der Waals surface area contributed by atoms with Crippen LogP contribution in [0.2, 0.25) is 5.02 Å². The van der Waals surface area contributed by atoms with Crippen molar-refractivity contribution in [1.82, 2.24) is 0 Å². The zero-order chi connectivity index (χ0) is 12.0. The molecular weight excluding hydrogens is 220 g/mol. The maximum atomic E-state index is 9.03. The van der Waals surface area contributed by atoms with Gasteiger partial charge >= 0.3 is 0 Å². The molecule has 86 valence electrons. The summed E-state index contributed by atoms with van der Waals surface area (Å²) < 4.78 is 0. The van der Waals surface area contributed by atoms with Gasteiger partial charge in [0.05, 0.1) is 11.3 Å². The summed E-state index contributed by atoms with van der Waals surface area (Å²) in [7, 11) is 2.01. The van der Waals surface area contributed by atoms with Crippen molar-refractivity contribution in [2.24, 2.45) is 0 Å². The maximum Gasteiger partial charge on any atom is 0.101 e. The van der Waals surface area contributed by atoms with Gasteiger partial charge in [-0.3, -0.25) is 0 Å². The highest BCUT2D eigenvalue weighted by Crippen LogP contribution is 2.23. The van der Waals surface area contributed by atoms with E-state index in [1.807, 2.05) is 19.2 Å². The first-order chi connectivity index (χ1) is 7.69. The van der Waals surface area contributed by atoms with Gasteiger partial charge in [0.25, 0.3) is 0 Å². The molecule has 0 heterocycles. The fourth-order valence-electron chi connectivity index (χ4n) is 1.65. The lowest BCUT2D eigenvalue weighted by Crippen LogP contribution is -2.19. The SMILES string of the molecule is CCCCCN(C)c1ccc(Cl)cc1C#N. The molecule has 0 fully saturated rings. The number of rotatable bonds is 5. The molecule has 0 saturated carbocycles. The molecule has 16 heavy (non-hydrogen) atoms. The van der Waals surface area contributed by atoms with E-state index in [2.05, 4.69) is 17.9 Å². The zero-order valence-electron chi connectivity index (χ0n) is 9.83. The highest BCUT2D eigenvalue weighted by Gasteiger charge is 2.07. The van der Waals surface area contributed by atoms with Crippen molar-refractivity contribution in [3.63, 3.8) is 0 Å². The fraction of sp³-hybridized carbons (Fsp3) is 0.462. The van der Waals surface area contributed by atoms with Gasteiger partial charge in [-0.15, -0.1) is 0 Å². The predicted octanol–water partition coefficient (Wildman–Crippen LogP) is 3.84. The zero-order valence-corrected chi connectivity index (χ0v) is 10.6. The van der Waals surface area contributed by atoms with Gasteiger partial charge in [-0.2, -0.15) is 5.26 Å². The number of benzene rings is 1. The molecule has 0 amide bonds. The maximum absolute atomic E-state index is 9.03. The van der Waals surface area contributed by atoms with E-state index in [0.29, 0.717) is 10.6 Å². The molecule has 0 aromatic heterocycles. The second-order valence-corrected chi connectivity index (χ2v) is 4.34. The van der Waals surface area contributed by atoms with Crippen LogP contribution in [0.4, 0.5) is 5.69 Å². The molecule has 0 atom stereocenters. The Labute approximate surface area is 102 Å². The van der Waals surface area contributed by atoms with Crippen LogP contribution in [0, 0.1) is 11.3 Å². The Morgan fingerprint density at radius 2 is 2.12 bits per heavy atom. The monoisotopic (exact) mass is 236 g/mol. The average Bonchev–Trinajstić information content (AvgIpc) is 2.29. The summed E-state index contributed by atoms with van der Waals surface area (Å²) >= 11 is 5.86. The molecule has 0 aliphatic rings. The van der Waals surface area contributed by atoms with Crippen LogP contribution in [0.5, 0.6) is 0 Å². The largest absolute Gasteiger partial charge is 0.374 e. The Bertz CT molecular complexity index is 382. The summed E-state index contributed by atoms with van der Waals surface area (Å²) in [5.74, 6) is 0. The van der Waals surface area contributed by atoms with Crippen LogP contribution >= 0.6 is 11.6 Å². The van der Waals surface area contributed by atoms with E-state index in [9.17, 15) is 0 Å². The second-order valence-electron chi connectivity index (χ2n) is 3.90. The van der Waals surface area contributed by atoms with E-state index in [0.717, 1.165) is 18.7 Å². The third-order valence-electron chi connectivity index (χ3n) is 2.59. The number of halogens is 1. The van der Waals surface area contributed by atoms with Crippen molar-refractivity contribution in [2.45, 2.75) is 26.2 Å². The topological polar surface area (TPSA) is 27.0 Å². The van der Waals surface area contributed by atoms with E-state index in [4.69, 9.17) is 16.9 Å². The molecule has 0 unspecified atom stereocenters. The molecule has 0 bridgehead atoms. The quantitative estimate of drug-likeness (QED) is 0.727. The number of nitriles is 1. The van der Waals surface area contributed by atoms with Gasteiger partial charge in [0.1, 0.15) is 6.07 Å². The molecule has 0 radical (unpaired) electrons. The van der Waals surface area contributed by atoms with Crippen molar-refractivity contribution in [3.8, 4) is 6.07 Å². The Morgan fingerprint density at radius 3 is 2.75 bits per heavy atom. The molecule has 0 N–H and O–H groups in total. The first-order valence-electron chi connectivity index (χ1n) is 5.59. The first kappa shape index (κ1) is 12.9. The lowest BCUT2D eigenvalue weighted by molar-refractivity contribution is 0.705. The average molecular weight is 237 g/mol. The van der Waals surface area contributed by atoms with E-state index in [1.165, 1.54) is 12.8 Å². The van der Waals surface area contributed by atoms with Gasteiger partial charge in [0.15, 0.2) is 0 Å². The van der Waals surface area contributed by atoms with Crippen molar-refractivity contribution in [2.75, 3.05) is 18.5 Å². The van der Waals surface area contributed by atoms with Gasteiger partial charge < -0.3 is 4.90 Å². The molecular formula is C13H17ClN2. The van der Waals surface area contributed by atoms with Crippen LogP contribution in [0.25, 0.3) is 0 Å². The summed E-state index contributed by atoms with van der Waals surface area (Å²) in [5.41, 5.74) is 1.61. The number of hydrogen-bond donors (Lipinski definition) is 0. The lowest BCUT2D eigenvalue weighted by atomic mass is 10.1.